The molecule has 0 aliphatic heterocycles. The number of halogens is 1. The van der Waals surface area contributed by atoms with E-state index in [9.17, 15) is 5.11 Å². The first kappa shape index (κ1) is 11.9. The molecule has 2 nitrogen and oxygen atoms in total. The van der Waals surface area contributed by atoms with Gasteiger partial charge in [0, 0.05) is 22.6 Å². The third-order valence-corrected chi connectivity index (χ3v) is 3.90. The van der Waals surface area contributed by atoms with Gasteiger partial charge in [0.25, 0.3) is 0 Å². The number of aromatic hydroxyl groups is 1. The fraction of sp³-hybridized carbons (Fsp3) is 0.538. The Morgan fingerprint density at radius 1 is 1.38 bits per heavy atom. The fourth-order valence-electron chi connectivity index (χ4n) is 2.42. The van der Waals surface area contributed by atoms with Crippen molar-refractivity contribution < 1.29 is 5.11 Å². The smallest absolute Gasteiger partial charge is 0.120 e. The Morgan fingerprint density at radius 2 is 2.06 bits per heavy atom. The maximum Gasteiger partial charge on any atom is 0.120 e. The zero-order chi connectivity index (χ0) is 11.5. The monoisotopic (exact) mass is 283 g/mol. The molecule has 1 aromatic carbocycles. The number of nitrogens with zero attached hydrogens (tertiary/aromatic N) is 1. The average molecular weight is 284 g/mol. The number of hydrogen-bond acceptors (Lipinski definition) is 2. The van der Waals surface area contributed by atoms with Crippen LogP contribution in [-0.2, 0) is 6.54 Å². The van der Waals surface area contributed by atoms with Gasteiger partial charge < -0.3 is 5.11 Å². The van der Waals surface area contributed by atoms with Gasteiger partial charge in [-0.2, -0.15) is 0 Å². The summed E-state index contributed by atoms with van der Waals surface area (Å²) in [5.41, 5.74) is 1.00. The van der Waals surface area contributed by atoms with Gasteiger partial charge in [0.15, 0.2) is 0 Å². The lowest BCUT2D eigenvalue weighted by atomic mass is 10.1. The first-order valence-electron chi connectivity index (χ1n) is 5.84. The van der Waals surface area contributed by atoms with Gasteiger partial charge in [-0.05, 0) is 38.1 Å². The quantitative estimate of drug-likeness (QED) is 0.917. The van der Waals surface area contributed by atoms with Crippen molar-refractivity contribution in [1.29, 1.82) is 0 Å². The molecule has 2 rings (SSSR count). The minimum atomic E-state index is 0.396. The van der Waals surface area contributed by atoms with Crippen LogP contribution in [0.5, 0.6) is 5.75 Å². The van der Waals surface area contributed by atoms with Gasteiger partial charge in [-0.25, -0.2) is 0 Å². The lowest BCUT2D eigenvalue weighted by Crippen LogP contribution is -2.28. The lowest BCUT2D eigenvalue weighted by molar-refractivity contribution is 0.234. The summed E-state index contributed by atoms with van der Waals surface area (Å²) < 4.78 is 1.03. The summed E-state index contributed by atoms with van der Waals surface area (Å²) in [7, 11) is 2.15. The van der Waals surface area contributed by atoms with Gasteiger partial charge in [0.1, 0.15) is 5.75 Å². The van der Waals surface area contributed by atoms with Gasteiger partial charge in [0.2, 0.25) is 0 Å². The number of phenolic OH excluding ortho intramolecular Hbond substituents is 1. The van der Waals surface area contributed by atoms with Gasteiger partial charge in [-0.3, -0.25) is 4.90 Å². The van der Waals surface area contributed by atoms with E-state index in [1.54, 1.807) is 6.07 Å². The summed E-state index contributed by atoms with van der Waals surface area (Å²) in [6.45, 7) is 0.829. The Kier molecular flexibility index (Phi) is 3.87. The second-order valence-corrected chi connectivity index (χ2v) is 5.54. The van der Waals surface area contributed by atoms with Crippen LogP contribution in [0.25, 0.3) is 0 Å². The maximum absolute atomic E-state index is 9.78. The largest absolute Gasteiger partial charge is 0.508 e. The van der Waals surface area contributed by atoms with Gasteiger partial charge >= 0.3 is 0 Å². The van der Waals surface area contributed by atoms with E-state index in [1.165, 1.54) is 25.7 Å². The van der Waals surface area contributed by atoms with Crippen molar-refractivity contribution in [3.05, 3.63) is 28.2 Å². The summed E-state index contributed by atoms with van der Waals surface area (Å²) >= 11 is 3.44. The standard InChI is InChI=1S/C13H18BrNO/c1-15(12-4-2-3-5-12)9-10-8-11(14)6-7-13(10)16/h6-8,12,16H,2-5,9H2,1H3. The third kappa shape index (κ3) is 2.77. The van der Waals surface area contributed by atoms with E-state index in [2.05, 4.69) is 27.9 Å². The highest BCUT2D eigenvalue weighted by Gasteiger charge is 2.20. The summed E-state index contributed by atoms with van der Waals surface area (Å²) in [6.07, 6.45) is 5.29. The van der Waals surface area contributed by atoms with Crippen LogP contribution in [0.2, 0.25) is 0 Å². The highest BCUT2D eigenvalue weighted by atomic mass is 79.9. The minimum Gasteiger partial charge on any atom is -0.508 e. The molecule has 0 amide bonds. The molecule has 0 heterocycles. The predicted molar refractivity (Wildman–Crippen MR) is 69.5 cm³/mol. The lowest BCUT2D eigenvalue weighted by Gasteiger charge is -2.24. The van der Waals surface area contributed by atoms with Crippen LogP contribution in [-0.4, -0.2) is 23.1 Å². The Hall–Kier alpha value is -0.540. The molecule has 1 aliphatic rings. The summed E-state index contributed by atoms with van der Waals surface area (Å²) in [5, 5.41) is 9.78. The SMILES string of the molecule is CN(Cc1cc(Br)ccc1O)C1CCCC1. The van der Waals surface area contributed by atoms with Gasteiger partial charge in [-0.15, -0.1) is 0 Å². The van der Waals surface area contributed by atoms with E-state index < -0.39 is 0 Å². The third-order valence-electron chi connectivity index (χ3n) is 3.41. The van der Waals surface area contributed by atoms with E-state index in [0.717, 1.165) is 16.6 Å². The molecule has 0 bridgehead atoms. The molecule has 1 aliphatic carbocycles. The van der Waals surface area contributed by atoms with Crippen LogP contribution < -0.4 is 0 Å². The number of hydrogen-bond donors (Lipinski definition) is 1. The van der Waals surface area contributed by atoms with Crippen molar-refractivity contribution >= 4 is 15.9 Å². The number of rotatable bonds is 3. The Morgan fingerprint density at radius 3 is 2.75 bits per heavy atom. The van der Waals surface area contributed by atoms with Crippen molar-refractivity contribution in [2.45, 2.75) is 38.3 Å². The van der Waals surface area contributed by atoms with Crippen molar-refractivity contribution in [2.24, 2.45) is 0 Å². The molecule has 1 aromatic rings. The first-order valence-corrected chi connectivity index (χ1v) is 6.64. The number of benzene rings is 1. The summed E-state index contributed by atoms with van der Waals surface area (Å²) in [6, 6.07) is 6.32. The van der Waals surface area contributed by atoms with Crippen LogP contribution in [0.3, 0.4) is 0 Å². The molecule has 0 spiro atoms. The highest BCUT2D eigenvalue weighted by Crippen LogP contribution is 2.27. The predicted octanol–water partition coefficient (Wildman–Crippen LogP) is 3.53. The van der Waals surface area contributed by atoms with Crippen molar-refractivity contribution in [2.75, 3.05) is 7.05 Å². The molecule has 0 unspecified atom stereocenters. The second kappa shape index (κ2) is 5.19. The van der Waals surface area contributed by atoms with E-state index in [-0.39, 0.29) is 0 Å². The summed E-state index contributed by atoms with van der Waals surface area (Å²) in [5.74, 6) is 0.396. The fourth-order valence-corrected chi connectivity index (χ4v) is 2.83. The molecule has 1 saturated carbocycles. The van der Waals surface area contributed by atoms with Crippen molar-refractivity contribution in [1.82, 2.24) is 4.90 Å². The van der Waals surface area contributed by atoms with E-state index in [4.69, 9.17) is 0 Å². The molecule has 0 radical (unpaired) electrons. The Balaban J connectivity index is 2.04. The Bertz CT molecular complexity index is 361. The van der Waals surface area contributed by atoms with Crippen LogP contribution >= 0.6 is 15.9 Å². The van der Waals surface area contributed by atoms with Gasteiger partial charge in [-0.1, -0.05) is 28.8 Å². The maximum atomic E-state index is 9.78. The van der Waals surface area contributed by atoms with E-state index in [1.807, 2.05) is 12.1 Å². The molecular weight excluding hydrogens is 266 g/mol. The average Bonchev–Trinajstić information content (AvgIpc) is 2.76. The van der Waals surface area contributed by atoms with Crippen molar-refractivity contribution in [3.8, 4) is 5.75 Å². The minimum absolute atomic E-state index is 0.396. The molecule has 0 atom stereocenters. The second-order valence-electron chi connectivity index (χ2n) is 4.63. The highest BCUT2D eigenvalue weighted by molar-refractivity contribution is 9.10. The Labute approximate surface area is 105 Å². The molecule has 88 valence electrons. The number of phenols is 1. The van der Waals surface area contributed by atoms with E-state index >= 15 is 0 Å². The molecule has 1 fully saturated rings. The van der Waals surface area contributed by atoms with Gasteiger partial charge in [0.05, 0.1) is 0 Å². The normalized spacial score (nSPS) is 17.2. The van der Waals surface area contributed by atoms with Crippen LogP contribution in [0.1, 0.15) is 31.2 Å². The van der Waals surface area contributed by atoms with Crippen molar-refractivity contribution in [3.63, 3.8) is 0 Å². The molecule has 16 heavy (non-hydrogen) atoms. The zero-order valence-corrected chi connectivity index (χ0v) is 11.2. The molecule has 0 aromatic heterocycles. The molecule has 3 heteroatoms. The first-order chi connectivity index (χ1) is 7.66. The zero-order valence-electron chi connectivity index (χ0n) is 9.62. The molecular formula is C13H18BrNO. The van der Waals surface area contributed by atoms with E-state index in [0.29, 0.717) is 11.8 Å². The van der Waals surface area contributed by atoms with Crippen LogP contribution in [0, 0.1) is 0 Å². The topological polar surface area (TPSA) is 23.5 Å². The van der Waals surface area contributed by atoms with Crippen LogP contribution in [0.15, 0.2) is 22.7 Å². The molecule has 0 saturated heterocycles. The summed E-state index contributed by atoms with van der Waals surface area (Å²) in [4.78, 5) is 2.36. The molecule has 1 N–H and O–H groups in total. The van der Waals surface area contributed by atoms with Crippen LogP contribution in [0.4, 0.5) is 0 Å².